The average Bonchev–Trinajstić information content (AvgIpc) is 1.94. The Morgan fingerprint density at radius 3 is 2.67 bits per heavy atom. The molecule has 0 fully saturated rings. The Kier molecular flexibility index (Phi) is 3.59. The van der Waals surface area contributed by atoms with Crippen molar-refractivity contribution < 1.29 is 10.3 Å². The minimum atomic E-state index is -0.638. The zero-order chi connectivity index (χ0) is 8.43. The number of aryl methyl sites for hydroxylation is 1. The minimum absolute atomic E-state index is 0. The molecule has 4 N–H and O–H groups in total. The van der Waals surface area contributed by atoms with Crippen LogP contribution in [-0.2, 0) is 0 Å². The van der Waals surface area contributed by atoms with Gasteiger partial charge in [0, 0.05) is 0 Å². The monoisotopic (exact) mass is 189 g/mol. The van der Waals surface area contributed by atoms with Crippen LogP contribution >= 0.6 is 11.6 Å². The molecule has 0 atom stereocenters. The Labute approximate surface area is 73.9 Å². The maximum absolute atomic E-state index is 10.6. The van der Waals surface area contributed by atoms with Gasteiger partial charge in [-0.25, -0.2) is 9.97 Å². The van der Waals surface area contributed by atoms with Gasteiger partial charge in [-0.15, -0.1) is 0 Å². The van der Waals surface area contributed by atoms with Crippen LogP contribution in [0.15, 0.2) is 6.20 Å². The Balaban J connectivity index is 0.00000121. The van der Waals surface area contributed by atoms with E-state index in [1.807, 2.05) is 0 Å². The Bertz CT molecular complexity index is 303. The van der Waals surface area contributed by atoms with Crippen molar-refractivity contribution in [1.82, 2.24) is 9.97 Å². The number of primary amides is 1. The van der Waals surface area contributed by atoms with Gasteiger partial charge in [-0.2, -0.15) is 0 Å². The number of halogens is 1. The fourth-order valence-corrected chi connectivity index (χ4v) is 0.812. The lowest BCUT2D eigenvalue weighted by Gasteiger charge is -1.97. The van der Waals surface area contributed by atoms with E-state index in [1.54, 1.807) is 6.92 Å². The van der Waals surface area contributed by atoms with Gasteiger partial charge in [0.2, 0.25) is 0 Å². The molecule has 0 aliphatic rings. The lowest BCUT2D eigenvalue weighted by molar-refractivity contribution is 0.0995. The van der Waals surface area contributed by atoms with Crippen molar-refractivity contribution in [3.63, 3.8) is 0 Å². The summed E-state index contributed by atoms with van der Waals surface area (Å²) in [6.07, 6.45) is 1.35. The van der Waals surface area contributed by atoms with Crippen LogP contribution in [0.3, 0.4) is 0 Å². The van der Waals surface area contributed by atoms with E-state index < -0.39 is 5.91 Å². The van der Waals surface area contributed by atoms with E-state index in [0.717, 1.165) is 0 Å². The zero-order valence-corrected chi connectivity index (χ0v) is 7.09. The van der Waals surface area contributed by atoms with Crippen molar-refractivity contribution in [3.8, 4) is 0 Å². The van der Waals surface area contributed by atoms with Crippen molar-refractivity contribution in [2.75, 3.05) is 0 Å². The van der Waals surface area contributed by atoms with E-state index in [0.29, 0.717) is 5.82 Å². The van der Waals surface area contributed by atoms with Gasteiger partial charge >= 0.3 is 0 Å². The highest BCUT2D eigenvalue weighted by Gasteiger charge is 2.07. The van der Waals surface area contributed by atoms with Crippen molar-refractivity contribution in [2.45, 2.75) is 6.92 Å². The molecule has 0 radical (unpaired) electrons. The topological polar surface area (TPSA) is 100 Å². The van der Waals surface area contributed by atoms with Gasteiger partial charge < -0.3 is 11.2 Å². The van der Waals surface area contributed by atoms with Crippen molar-refractivity contribution >= 4 is 17.5 Å². The molecule has 1 heterocycles. The molecule has 1 amide bonds. The summed E-state index contributed by atoms with van der Waals surface area (Å²) in [5, 5.41) is 0.183. The minimum Gasteiger partial charge on any atom is -0.412 e. The second kappa shape index (κ2) is 3.99. The third-order valence-electron chi connectivity index (χ3n) is 1.10. The molecule has 0 saturated heterocycles. The lowest BCUT2D eigenvalue weighted by atomic mass is 10.4. The van der Waals surface area contributed by atoms with E-state index in [-0.39, 0.29) is 16.2 Å². The van der Waals surface area contributed by atoms with Gasteiger partial charge in [0.15, 0.2) is 0 Å². The first-order chi connectivity index (χ1) is 5.11. The molecule has 0 aliphatic heterocycles. The Morgan fingerprint density at radius 2 is 2.25 bits per heavy atom. The molecule has 5 nitrogen and oxygen atoms in total. The molecule has 0 aromatic carbocycles. The van der Waals surface area contributed by atoms with Crippen LogP contribution in [0.1, 0.15) is 16.3 Å². The van der Waals surface area contributed by atoms with Crippen LogP contribution in [0.4, 0.5) is 0 Å². The molecule has 6 heteroatoms. The first kappa shape index (κ1) is 10.8. The first-order valence-electron chi connectivity index (χ1n) is 2.90. The maximum Gasteiger partial charge on any atom is 0.268 e. The molecule has 66 valence electrons. The molecule has 0 spiro atoms. The maximum atomic E-state index is 10.6. The number of rotatable bonds is 1. The summed E-state index contributed by atoms with van der Waals surface area (Å²) >= 11 is 5.57. The zero-order valence-electron chi connectivity index (χ0n) is 6.34. The molecule has 12 heavy (non-hydrogen) atoms. The summed E-state index contributed by atoms with van der Waals surface area (Å²) in [6.45, 7) is 1.66. The van der Waals surface area contributed by atoms with E-state index in [1.165, 1.54) is 6.20 Å². The Morgan fingerprint density at radius 1 is 1.67 bits per heavy atom. The quantitative estimate of drug-likeness (QED) is 0.657. The summed E-state index contributed by atoms with van der Waals surface area (Å²) in [5.74, 6) is -0.163. The van der Waals surface area contributed by atoms with E-state index in [9.17, 15) is 4.79 Å². The van der Waals surface area contributed by atoms with Crippen LogP contribution in [0, 0.1) is 6.92 Å². The molecule has 0 bridgehead atoms. The van der Waals surface area contributed by atoms with Crippen LogP contribution in [-0.4, -0.2) is 21.4 Å². The number of aromatic nitrogens is 2. The van der Waals surface area contributed by atoms with Gasteiger partial charge in [-0.1, -0.05) is 11.6 Å². The SMILES string of the molecule is Cc1ncc(Cl)c(C(N)=O)n1.O. The van der Waals surface area contributed by atoms with Crippen LogP contribution in [0.2, 0.25) is 5.02 Å². The Hall–Kier alpha value is -1.20. The van der Waals surface area contributed by atoms with Gasteiger partial charge in [-0.05, 0) is 6.92 Å². The van der Waals surface area contributed by atoms with E-state index >= 15 is 0 Å². The van der Waals surface area contributed by atoms with Crippen LogP contribution in [0.25, 0.3) is 0 Å². The summed E-state index contributed by atoms with van der Waals surface area (Å²) in [6, 6.07) is 0. The number of carbonyl (C=O) groups is 1. The number of carbonyl (C=O) groups excluding carboxylic acids is 1. The molecule has 1 aromatic rings. The first-order valence-corrected chi connectivity index (χ1v) is 3.28. The number of nitrogens with two attached hydrogens (primary N) is 1. The summed E-state index contributed by atoms with van der Waals surface area (Å²) < 4.78 is 0. The number of hydrogen-bond acceptors (Lipinski definition) is 3. The van der Waals surface area contributed by atoms with E-state index in [2.05, 4.69) is 9.97 Å². The summed E-state index contributed by atoms with van der Waals surface area (Å²) in [7, 11) is 0. The molecular weight excluding hydrogens is 182 g/mol. The molecular formula is C6H8ClN3O2. The molecule has 0 saturated carbocycles. The molecule has 1 rings (SSSR count). The predicted molar refractivity (Wildman–Crippen MR) is 43.9 cm³/mol. The highest BCUT2D eigenvalue weighted by molar-refractivity contribution is 6.33. The van der Waals surface area contributed by atoms with Gasteiger partial charge in [0.05, 0.1) is 11.2 Å². The normalized spacial score (nSPS) is 8.83. The second-order valence-corrected chi connectivity index (χ2v) is 2.39. The van der Waals surface area contributed by atoms with Crippen LogP contribution < -0.4 is 5.73 Å². The second-order valence-electron chi connectivity index (χ2n) is 1.98. The molecule has 1 aromatic heterocycles. The third kappa shape index (κ3) is 2.14. The van der Waals surface area contributed by atoms with Gasteiger partial charge in [0.25, 0.3) is 5.91 Å². The number of amides is 1. The summed E-state index contributed by atoms with van der Waals surface area (Å²) in [4.78, 5) is 18.1. The van der Waals surface area contributed by atoms with Gasteiger partial charge in [0.1, 0.15) is 11.5 Å². The molecule has 0 unspecified atom stereocenters. The predicted octanol–water partition coefficient (Wildman–Crippen LogP) is -0.287. The largest absolute Gasteiger partial charge is 0.412 e. The fourth-order valence-electron chi connectivity index (χ4n) is 0.628. The molecule has 0 aliphatic carbocycles. The van der Waals surface area contributed by atoms with Crippen molar-refractivity contribution in [3.05, 3.63) is 22.7 Å². The smallest absolute Gasteiger partial charge is 0.268 e. The van der Waals surface area contributed by atoms with E-state index in [4.69, 9.17) is 17.3 Å². The van der Waals surface area contributed by atoms with Gasteiger partial charge in [-0.3, -0.25) is 4.79 Å². The third-order valence-corrected chi connectivity index (χ3v) is 1.37. The summed E-state index contributed by atoms with van der Waals surface area (Å²) in [5.41, 5.74) is 5.04. The number of nitrogens with zero attached hydrogens (tertiary/aromatic N) is 2. The highest BCUT2D eigenvalue weighted by atomic mass is 35.5. The standard InChI is InChI=1S/C6H6ClN3O.H2O/c1-3-9-2-4(7)5(10-3)6(8)11;/h2H,1H3,(H2,8,11);1H2. The highest BCUT2D eigenvalue weighted by Crippen LogP contribution is 2.10. The lowest BCUT2D eigenvalue weighted by Crippen LogP contribution is -2.14. The average molecular weight is 190 g/mol. The number of hydrogen-bond donors (Lipinski definition) is 1. The fraction of sp³-hybridized carbons (Fsp3) is 0.167. The van der Waals surface area contributed by atoms with Crippen molar-refractivity contribution in [1.29, 1.82) is 0 Å². The van der Waals surface area contributed by atoms with Crippen molar-refractivity contribution in [2.24, 2.45) is 5.73 Å². The van der Waals surface area contributed by atoms with Crippen LogP contribution in [0.5, 0.6) is 0 Å².